The van der Waals surface area contributed by atoms with Gasteiger partial charge in [0.15, 0.2) is 11.5 Å². The van der Waals surface area contributed by atoms with Gasteiger partial charge in [-0.1, -0.05) is 12.1 Å². The summed E-state index contributed by atoms with van der Waals surface area (Å²) < 4.78 is 10.5. The van der Waals surface area contributed by atoms with Crippen LogP contribution in [-0.2, 0) is 0 Å². The molecule has 1 amide bonds. The summed E-state index contributed by atoms with van der Waals surface area (Å²) in [6.45, 7) is 1.94. The van der Waals surface area contributed by atoms with Crippen molar-refractivity contribution in [2.75, 3.05) is 24.9 Å². The van der Waals surface area contributed by atoms with E-state index in [1.807, 2.05) is 43.3 Å². The van der Waals surface area contributed by atoms with Crippen LogP contribution in [0.1, 0.15) is 16.1 Å². The van der Waals surface area contributed by atoms with Crippen LogP contribution < -0.4 is 20.1 Å². The molecule has 0 aliphatic heterocycles. The highest BCUT2D eigenvalue weighted by molar-refractivity contribution is 6.03. The smallest absolute Gasteiger partial charge is 0.276 e. The normalized spacial score (nSPS) is 10.2. The third kappa shape index (κ3) is 4.52. The molecule has 3 rings (SSSR count). The van der Waals surface area contributed by atoms with Crippen LogP contribution in [0.25, 0.3) is 0 Å². The number of benzene rings is 2. The lowest BCUT2D eigenvalue weighted by Gasteiger charge is -2.11. The summed E-state index contributed by atoms with van der Waals surface area (Å²) in [5.41, 5.74) is 2.61. The molecule has 7 heteroatoms. The number of amides is 1. The zero-order valence-corrected chi connectivity index (χ0v) is 15.3. The van der Waals surface area contributed by atoms with Gasteiger partial charge in [0, 0.05) is 11.8 Å². The number of anilines is 3. The fraction of sp³-hybridized carbons (Fsp3) is 0.150. The van der Waals surface area contributed by atoms with Gasteiger partial charge in [-0.2, -0.15) is 0 Å². The van der Waals surface area contributed by atoms with E-state index in [1.165, 1.54) is 0 Å². The molecule has 1 aromatic heterocycles. The molecular weight excluding hydrogens is 344 g/mol. The fourth-order valence-electron chi connectivity index (χ4n) is 2.47. The lowest BCUT2D eigenvalue weighted by Crippen LogP contribution is -2.15. The summed E-state index contributed by atoms with van der Waals surface area (Å²) in [5, 5.41) is 14.0. The van der Waals surface area contributed by atoms with E-state index in [-0.39, 0.29) is 11.6 Å². The van der Waals surface area contributed by atoms with E-state index >= 15 is 0 Å². The van der Waals surface area contributed by atoms with Crippen molar-refractivity contribution in [1.82, 2.24) is 10.2 Å². The average Bonchev–Trinajstić information content (AvgIpc) is 2.69. The Bertz CT molecular complexity index is 942. The summed E-state index contributed by atoms with van der Waals surface area (Å²) >= 11 is 0. The zero-order valence-electron chi connectivity index (χ0n) is 15.3. The van der Waals surface area contributed by atoms with Gasteiger partial charge >= 0.3 is 0 Å². The molecule has 2 N–H and O–H groups in total. The Hall–Kier alpha value is -3.61. The number of ether oxygens (including phenoxy) is 2. The van der Waals surface area contributed by atoms with Gasteiger partial charge in [0.25, 0.3) is 5.91 Å². The molecule has 0 radical (unpaired) electrons. The Morgan fingerprint density at radius 2 is 1.81 bits per heavy atom. The molecule has 0 aliphatic carbocycles. The number of hydrogen-bond acceptors (Lipinski definition) is 6. The standard InChI is InChI=1S/C20H20N4O3/c1-13-7-9-18(27-3)17(11-13)22-20(25)16-8-10-19(24-23-16)21-14-5-4-6-15(12-14)26-2/h4-12H,1-3H3,(H,21,24)(H,22,25). The first kappa shape index (κ1) is 18.2. The third-order valence-electron chi connectivity index (χ3n) is 3.84. The molecule has 0 saturated carbocycles. The van der Waals surface area contributed by atoms with Crippen molar-refractivity contribution in [1.29, 1.82) is 0 Å². The number of methoxy groups -OCH3 is 2. The molecule has 0 atom stereocenters. The summed E-state index contributed by atoms with van der Waals surface area (Å²) in [4.78, 5) is 12.4. The van der Waals surface area contributed by atoms with Crippen LogP contribution in [0.2, 0.25) is 0 Å². The van der Waals surface area contributed by atoms with Crippen LogP contribution in [0.3, 0.4) is 0 Å². The Balaban J connectivity index is 1.71. The van der Waals surface area contributed by atoms with Crippen molar-refractivity contribution in [3.63, 3.8) is 0 Å². The molecule has 1 heterocycles. The third-order valence-corrected chi connectivity index (χ3v) is 3.84. The minimum absolute atomic E-state index is 0.203. The van der Waals surface area contributed by atoms with E-state index in [2.05, 4.69) is 20.8 Å². The molecular formula is C20H20N4O3. The number of hydrogen-bond donors (Lipinski definition) is 2. The molecule has 0 saturated heterocycles. The lowest BCUT2D eigenvalue weighted by molar-refractivity contribution is 0.102. The molecule has 0 spiro atoms. The van der Waals surface area contributed by atoms with Gasteiger partial charge in [-0.25, -0.2) is 0 Å². The van der Waals surface area contributed by atoms with Crippen LogP contribution in [0.15, 0.2) is 54.6 Å². The molecule has 0 fully saturated rings. The van der Waals surface area contributed by atoms with Crippen LogP contribution in [0, 0.1) is 6.92 Å². The zero-order chi connectivity index (χ0) is 19.2. The SMILES string of the molecule is COc1cccc(Nc2ccc(C(=O)Nc3cc(C)ccc3OC)nn2)c1. The highest BCUT2D eigenvalue weighted by Crippen LogP contribution is 2.25. The second-order valence-electron chi connectivity index (χ2n) is 5.82. The number of carbonyl (C=O) groups is 1. The Morgan fingerprint density at radius 3 is 2.52 bits per heavy atom. The summed E-state index contributed by atoms with van der Waals surface area (Å²) in [6, 6.07) is 16.3. The summed E-state index contributed by atoms with van der Waals surface area (Å²) in [6.07, 6.45) is 0. The van der Waals surface area contributed by atoms with Crippen LogP contribution in [-0.4, -0.2) is 30.3 Å². The first-order valence-corrected chi connectivity index (χ1v) is 8.30. The highest BCUT2D eigenvalue weighted by atomic mass is 16.5. The fourth-order valence-corrected chi connectivity index (χ4v) is 2.47. The number of aryl methyl sites for hydroxylation is 1. The van der Waals surface area contributed by atoms with E-state index in [9.17, 15) is 4.79 Å². The molecule has 3 aromatic rings. The number of carbonyl (C=O) groups excluding carboxylic acids is 1. The van der Waals surface area contributed by atoms with E-state index < -0.39 is 0 Å². The minimum atomic E-state index is -0.362. The average molecular weight is 364 g/mol. The van der Waals surface area contributed by atoms with E-state index in [4.69, 9.17) is 9.47 Å². The molecule has 2 aromatic carbocycles. The van der Waals surface area contributed by atoms with E-state index in [1.54, 1.807) is 32.4 Å². The van der Waals surface area contributed by atoms with Crippen molar-refractivity contribution in [2.24, 2.45) is 0 Å². The molecule has 138 valence electrons. The first-order valence-electron chi connectivity index (χ1n) is 8.30. The Morgan fingerprint density at radius 1 is 0.963 bits per heavy atom. The van der Waals surface area contributed by atoms with Gasteiger partial charge in [0.05, 0.1) is 19.9 Å². The van der Waals surface area contributed by atoms with Gasteiger partial charge < -0.3 is 20.1 Å². The highest BCUT2D eigenvalue weighted by Gasteiger charge is 2.12. The Labute approximate surface area is 157 Å². The van der Waals surface area contributed by atoms with Gasteiger partial charge in [-0.3, -0.25) is 4.79 Å². The van der Waals surface area contributed by atoms with Crippen LogP contribution >= 0.6 is 0 Å². The van der Waals surface area contributed by atoms with E-state index in [0.29, 0.717) is 17.3 Å². The van der Waals surface area contributed by atoms with Gasteiger partial charge in [-0.15, -0.1) is 10.2 Å². The van der Waals surface area contributed by atoms with Crippen molar-refractivity contribution < 1.29 is 14.3 Å². The summed E-state index contributed by atoms with van der Waals surface area (Å²) in [7, 11) is 3.16. The predicted octanol–water partition coefficient (Wildman–Crippen LogP) is 3.80. The molecule has 0 bridgehead atoms. The first-order chi connectivity index (χ1) is 13.1. The van der Waals surface area contributed by atoms with Crippen molar-refractivity contribution in [2.45, 2.75) is 6.92 Å². The maximum Gasteiger partial charge on any atom is 0.276 e. The molecule has 7 nitrogen and oxygen atoms in total. The minimum Gasteiger partial charge on any atom is -0.497 e. The van der Waals surface area contributed by atoms with Crippen LogP contribution in [0.5, 0.6) is 11.5 Å². The van der Waals surface area contributed by atoms with Crippen molar-refractivity contribution in [3.05, 3.63) is 65.9 Å². The van der Waals surface area contributed by atoms with Crippen molar-refractivity contribution >= 4 is 23.1 Å². The van der Waals surface area contributed by atoms with Gasteiger partial charge in [0.1, 0.15) is 11.5 Å². The topological polar surface area (TPSA) is 85.4 Å². The van der Waals surface area contributed by atoms with Gasteiger partial charge in [-0.05, 0) is 48.9 Å². The largest absolute Gasteiger partial charge is 0.497 e. The lowest BCUT2D eigenvalue weighted by atomic mass is 10.2. The second kappa shape index (κ2) is 8.18. The number of rotatable bonds is 6. The molecule has 27 heavy (non-hydrogen) atoms. The predicted molar refractivity (Wildman–Crippen MR) is 104 cm³/mol. The number of nitrogens with zero attached hydrogens (tertiary/aromatic N) is 2. The monoisotopic (exact) mass is 364 g/mol. The maximum absolute atomic E-state index is 12.4. The van der Waals surface area contributed by atoms with Crippen molar-refractivity contribution in [3.8, 4) is 11.5 Å². The molecule has 0 aliphatic rings. The van der Waals surface area contributed by atoms with E-state index in [0.717, 1.165) is 17.0 Å². The van der Waals surface area contributed by atoms with Gasteiger partial charge in [0.2, 0.25) is 0 Å². The van der Waals surface area contributed by atoms with Crippen LogP contribution in [0.4, 0.5) is 17.2 Å². The Kier molecular flexibility index (Phi) is 5.51. The second-order valence-corrected chi connectivity index (χ2v) is 5.82. The quantitative estimate of drug-likeness (QED) is 0.692. The number of aromatic nitrogens is 2. The number of nitrogens with one attached hydrogen (secondary N) is 2. The summed E-state index contributed by atoms with van der Waals surface area (Å²) in [5.74, 6) is 1.47. The molecule has 0 unspecified atom stereocenters. The maximum atomic E-state index is 12.4.